The second-order valence-electron chi connectivity index (χ2n) is 5.35. The number of carbonyl (C=O) groups is 1. The van der Waals surface area contributed by atoms with Crippen LogP contribution in [0, 0.1) is 0 Å². The molecule has 1 heterocycles. The van der Waals surface area contributed by atoms with Gasteiger partial charge in [0.15, 0.2) is 0 Å². The van der Waals surface area contributed by atoms with E-state index in [4.69, 9.17) is 0 Å². The van der Waals surface area contributed by atoms with Crippen LogP contribution in [0.4, 0.5) is 0 Å². The van der Waals surface area contributed by atoms with Crippen LogP contribution in [-0.2, 0) is 24.7 Å². The molecule has 0 spiro atoms. The Kier molecular flexibility index (Phi) is 3.82. The van der Waals surface area contributed by atoms with Crippen molar-refractivity contribution in [3.63, 3.8) is 0 Å². The third-order valence-corrected chi connectivity index (χ3v) is 3.76. The molecule has 2 aromatic carbocycles. The number of Topliss-reactive ketones (excluding diaryl/α,β-unsaturated/α-hetero) is 1. The van der Waals surface area contributed by atoms with Crippen LogP contribution in [0.2, 0.25) is 0 Å². The van der Waals surface area contributed by atoms with Gasteiger partial charge in [-0.05, 0) is 16.3 Å². The Morgan fingerprint density at radius 2 is 1.95 bits per heavy atom. The lowest BCUT2D eigenvalue weighted by Crippen LogP contribution is -2.07. The summed E-state index contributed by atoms with van der Waals surface area (Å²) in [6.45, 7) is 0. The van der Waals surface area contributed by atoms with Gasteiger partial charge >= 0.3 is 0 Å². The second-order valence-corrected chi connectivity index (χ2v) is 5.35. The molecule has 0 saturated carbocycles. The molecule has 0 amide bonds. The molecule has 0 bridgehead atoms. The fraction of sp³-hybridized carbons (Fsp3) is 0.222. The number of carbonyl (C=O) groups excluding carboxylic acids is 1. The first-order chi connectivity index (χ1) is 10.2. The van der Waals surface area contributed by atoms with E-state index in [1.54, 1.807) is 6.20 Å². The molecule has 1 aromatic heterocycles. The van der Waals surface area contributed by atoms with Gasteiger partial charge in [-0.15, -0.1) is 0 Å². The summed E-state index contributed by atoms with van der Waals surface area (Å²) in [6, 6.07) is 14.4. The molecule has 0 atom stereocenters. The van der Waals surface area contributed by atoms with Crippen LogP contribution in [0.5, 0.6) is 0 Å². The number of hydrogen-bond donors (Lipinski definition) is 0. The smallest absolute Gasteiger partial charge is 0.137 e. The Morgan fingerprint density at radius 1 is 1.14 bits per heavy atom. The van der Waals surface area contributed by atoms with Crippen LogP contribution in [0.25, 0.3) is 10.8 Å². The minimum absolute atomic E-state index is 0.258. The zero-order valence-electron chi connectivity index (χ0n) is 12.1. The largest absolute Gasteiger partial charge is 0.338 e. The second kappa shape index (κ2) is 5.92. The van der Waals surface area contributed by atoms with Gasteiger partial charge in [0.25, 0.3) is 0 Å². The molecule has 0 aliphatic heterocycles. The molecule has 3 nitrogen and oxygen atoms in total. The Morgan fingerprint density at radius 3 is 2.71 bits per heavy atom. The van der Waals surface area contributed by atoms with Crippen LogP contribution in [0.3, 0.4) is 0 Å². The molecular weight excluding hydrogens is 260 g/mol. The van der Waals surface area contributed by atoms with E-state index in [9.17, 15) is 4.79 Å². The number of fused-ring (bicyclic) bond motifs is 1. The number of imidazole rings is 1. The van der Waals surface area contributed by atoms with Crippen molar-refractivity contribution in [1.82, 2.24) is 9.55 Å². The SMILES string of the molecule is Cn1ccnc1CCC(=O)Cc1ccc2ccccc2c1. The topological polar surface area (TPSA) is 34.9 Å². The summed E-state index contributed by atoms with van der Waals surface area (Å²) in [4.78, 5) is 16.4. The Hall–Kier alpha value is -2.42. The molecule has 3 heteroatoms. The molecule has 0 radical (unpaired) electrons. The Bertz CT molecular complexity index is 773. The van der Waals surface area contributed by atoms with Gasteiger partial charge in [-0.3, -0.25) is 4.79 Å². The molecule has 0 aliphatic rings. The normalized spacial score (nSPS) is 10.9. The van der Waals surface area contributed by atoms with E-state index in [0.717, 1.165) is 11.4 Å². The fourth-order valence-corrected chi connectivity index (χ4v) is 2.55. The zero-order chi connectivity index (χ0) is 14.7. The van der Waals surface area contributed by atoms with Crippen LogP contribution in [0.1, 0.15) is 17.8 Å². The fourth-order valence-electron chi connectivity index (χ4n) is 2.55. The van der Waals surface area contributed by atoms with Crippen molar-refractivity contribution in [2.24, 2.45) is 7.05 Å². The summed E-state index contributed by atoms with van der Waals surface area (Å²) in [5.41, 5.74) is 1.08. The van der Waals surface area contributed by atoms with Crippen LogP contribution in [-0.4, -0.2) is 15.3 Å². The van der Waals surface area contributed by atoms with Crippen molar-refractivity contribution in [2.75, 3.05) is 0 Å². The van der Waals surface area contributed by atoms with Gasteiger partial charge in [-0.2, -0.15) is 0 Å². The van der Waals surface area contributed by atoms with E-state index in [0.29, 0.717) is 19.3 Å². The number of nitrogens with zero attached hydrogens (tertiary/aromatic N) is 2. The summed E-state index contributed by atoms with van der Waals surface area (Å²) < 4.78 is 1.96. The maximum atomic E-state index is 12.1. The molecule has 106 valence electrons. The number of benzene rings is 2. The van der Waals surface area contributed by atoms with Crippen molar-refractivity contribution in [3.8, 4) is 0 Å². The standard InChI is InChI=1S/C18H18N2O/c1-20-11-10-19-18(20)9-8-17(21)13-14-6-7-15-4-2-3-5-16(15)12-14/h2-7,10-12H,8-9,13H2,1H3. The zero-order valence-corrected chi connectivity index (χ0v) is 12.1. The van der Waals surface area contributed by atoms with E-state index < -0.39 is 0 Å². The van der Waals surface area contributed by atoms with Crippen LogP contribution in [0.15, 0.2) is 54.9 Å². The predicted octanol–water partition coefficient (Wildman–Crippen LogP) is 3.32. The lowest BCUT2D eigenvalue weighted by atomic mass is 10.0. The summed E-state index contributed by atoms with van der Waals surface area (Å²) in [5, 5.41) is 2.40. The van der Waals surface area contributed by atoms with Crippen LogP contribution >= 0.6 is 0 Å². The van der Waals surface area contributed by atoms with E-state index in [-0.39, 0.29) is 5.78 Å². The molecule has 0 aliphatic carbocycles. The highest BCUT2D eigenvalue weighted by Crippen LogP contribution is 2.16. The number of rotatable bonds is 5. The number of ketones is 1. The Labute approximate surface area is 124 Å². The van der Waals surface area contributed by atoms with Crippen molar-refractivity contribution < 1.29 is 4.79 Å². The van der Waals surface area contributed by atoms with Crippen LogP contribution < -0.4 is 0 Å². The third kappa shape index (κ3) is 3.19. The molecule has 0 N–H and O–H groups in total. The molecular formula is C18H18N2O. The summed E-state index contributed by atoms with van der Waals surface area (Å²) in [7, 11) is 1.95. The van der Waals surface area contributed by atoms with Crippen molar-refractivity contribution in [2.45, 2.75) is 19.3 Å². The minimum Gasteiger partial charge on any atom is -0.338 e. The number of aromatic nitrogens is 2. The Balaban J connectivity index is 1.64. The molecule has 0 fully saturated rings. The third-order valence-electron chi connectivity index (χ3n) is 3.76. The number of aryl methyl sites for hydroxylation is 2. The molecule has 21 heavy (non-hydrogen) atoms. The molecule has 3 aromatic rings. The van der Waals surface area contributed by atoms with Gasteiger partial charge in [0.1, 0.15) is 11.6 Å². The predicted molar refractivity (Wildman–Crippen MR) is 84.2 cm³/mol. The van der Waals surface area contributed by atoms with Gasteiger partial charge in [0, 0.05) is 38.7 Å². The monoisotopic (exact) mass is 278 g/mol. The van der Waals surface area contributed by atoms with E-state index in [1.807, 2.05) is 36.0 Å². The molecule has 0 unspecified atom stereocenters. The highest BCUT2D eigenvalue weighted by atomic mass is 16.1. The van der Waals surface area contributed by atoms with Crippen molar-refractivity contribution in [1.29, 1.82) is 0 Å². The maximum Gasteiger partial charge on any atom is 0.137 e. The van der Waals surface area contributed by atoms with Gasteiger partial charge in [-0.25, -0.2) is 4.98 Å². The van der Waals surface area contributed by atoms with Gasteiger partial charge < -0.3 is 4.57 Å². The van der Waals surface area contributed by atoms with E-state index >= 15 is 0 Å². The molecule has 0 saturated heterocycles. The van der Waals surface area contributed by atoms with E-state index in [2.05, 4.69) is 29.2 Å². The quantitative estimate of drug-likeness (QED) is 0.717. The first-order valence-corrected chi connectivity index (χ1v) is 7.18. The van der Waals surface area contributed by atoms with Gasteiger partial charge in [0.2, 0.25) is 0 Å². The average Bonchev–Trinajstić information content (AvgIpc) is 2.90. The van der Waals surface area contributed by atoms with Crippen molar-refractivity contribution in [3.05, 3.63) is 66.2 Å². The highest BCUT2D eigenvalue weighted by Gasteiger charge is 2.07. The lowest BCUT2D eigenvalue weighted by molar-refractivity contribution is -0.118. The average molecular weight is 278 g/mol. The summed E-state index contributed by atoms with van der Waals surface area (Å²) in [5.74, 6) is 1.22. The highest BCUT2D eigenvalue weighted by molar-refractivity contribution is 5.86. The van der Waals surface area contributed by atoms with E-state index in [1.165, 1.54) is 10.8 Å². The van der Waals surface area contributed by atoms with Gasteiger partial charge in [0.05, 0.1) is 0 Å². The summed E-state index contributed by atoms with van der Waals surface area (Å²) >= 11 is 0. The first kappa shape index (κ1) is 13.6. The first-order valence-electron chi connectivity index (χ1n) is 7.18. The maximum absolute atomic E-state index is 12.1. The minimum atomic E-state index is 0.258. The lowest BCUT2D eigenvalue weighted by Gasteiger charge is -2.04. The van der Waals surface area contributed by atoms with Crippen molar-refractivity contribution >= 4 is 16.6 Å². The number of hydrogen-bond acceptors (Lipinski definition) is 2. The summed E-state index contributed by atoms with van der Waals surface area (Å²) in [6.07, 6.45) is 5.41. The van der Waals surface area contributed by atoms with Gasteiger partial charge in [-0.1, -0.05) is 42.5 Å². The molecule has 3 rings (SSSR count).